The zero-order valence-corrected chi connectivity index (χ0v) is 20.6. The van der Waals surface area contributed by atoms with Crippen LogP contribution in [0.3, 0.4) is 0 Å². The van der Waals surface area contributed by atoms with Crippen molar-refractivity contribution < 1.29 is 19.0 Å². The van der Waals surface area contributed by atoms with Gasteiger partial charge in [-0.1, -0.05) is 0 Å². The maximum atomic E-state index is 12.1. The highest BCUT2D eigenvalue weighted by atomic mass is 127. The lowest BCUT2D eigenvalue weighted by Gasteiger charge is -2.33. The molecule has 1 saturated heterocycles. The van der Waals surface area contributed by atoms with Crippen LogP contribution < -0.4 is 14.8 Å². The van der Waals surface area contributed by atoms with E-state index in [0.29, 0.717) is 12.5 Å². The molecule has 0 bridgehead atoms. The van der Waals surface area contributed by atoms with Crippen LogP contribution in [0.1, 0.15) is 17.5 Å². The van der Waals surface area contributed by atoms with Gasteiger partial charge in [-0.25, -0.2) is 4.99 Å². The van der Waals surface area contributed by atoms with E-state index in [-0.39, 0.29) is 36.4 Å². The number of methoxy groups -OCH3 is 2. The van der Waals surface area contributed by atoms with Crippen LogP contribution in [-0.4, -0.2) is 82.8 Å². The Labute approximate surface area is 196 Å². The van der Waals surface area contributed by atoms with Gasteiger partial charge in [0, 0.05) is 46.3 Å². The van der Waals surface area contributed by atoms with Crippen LogP contribution >= 0.6 is 24.0 Å². The highest BCUT2D eigenvalue weighted by molar-refractivity contribution is 14.0. The van der Waals surface area contributed by atoms with Gasteiger partial charge < -0.3 is 29.3 Å². The molecule has 1 aromatic carbocycles. The first-order valence-electron chi connectivity index (χ1n) is 10.1. The van der Waals surface area contributed by atoms with Crippen molar-refractivity contribution in [2.24, 2.45) is 10.9 Å². The molecule has 0 saturated carbocycles. The number of nitrogens with zero attached hydrogens (tertiary/aromatic N) is 3. The molecule has 2 aliphatic heterocycles. The van der Waals surface area contributed by atoms with E-state index in [4.69, 9.17) is 14.2 Å². The van der Waals surface area contributed by atoms with Gasteiger partial charge in [0.1, 0.15) is 6.54 Å². The van der Waals surface area contributed by atoms with Crippen LogP contribution in [0.2, 0.25) is 0 Å². The molecule has 1 unspecified atom stereocenters. The Kier molecular flexibility index (Phi) is 9.47. The third-order valence-electron chi connectivity index (χ3n) is 5.45. The molecule has 0 spiro atoms. The second-order valence-electron chi connectivity index (χ2n) is 7.69. The van der Waals surface area contributed by atoms with Crippen LogP contribution in [0.4, 0.5) is 0 Å². The van der Waals surface area contributed by atoms with Crippen molar-refractivity contribution >= 4 is 35.8 Å². The van der Waals surface area contributed by atoms with Gasteiger partial charge in [-0.05, 0) is 36.1 Å². The van der Waals surface area contributed by atoms with Gasteiger partial charge in [-0.3, -0.25) is 4.79 Å². The molecule has 3 rings (SSSR count). The fraction of sp³-hybridized carbons (Fsp3) is 0.619. The summed E-state index contributed by atoms with van der Waals surface area (Å²) in [5.74, 6) is 2.71. The average molecular weight is 532 g/mol. The van der Waals surface area contributed by atoms with Gasteiger partial charge in [0.2, 0.25) is 5.91 Å². The first-order chi connectivity index (χ1) is 14.0. The number of amides is 1. The molecule has 8 nitrogen and oxygen atoms in total. The zero-order chi connectivity index (χ0) is 20.8. The van der Waals surface area contributed by atoms with Gasteiger partial charge in [0.05, 0.1) is 20.8 Å². The largest absolute Gasteiger partial charge is 0.493 e. The number of likely N-dealkylation sites (N-methyl/N-ethyl adjacent to an activating group) is 1. The molecule has 0 aromatic heterocycles. The van der Waals surface area contributed by atoms with Crippen molar-refractivity contribution in [3.8, 4) is 11.5 Å². The maximum absolute atomic E-state index is 12.1. The number of aliphatic imine (C=N–C) groups is 1. The fourth-order valence-electron chi connectivity index (χ4n) is 3.60. The van der Waals surface area contributed by atoms with E-state index in [0.717, 1.165) is 56.6 Å². The molecule has 1 fully saturated rings. The van der Waals surface area contributed by atoms with E-state index in [1.165, 1.54) is 11.1 Å². The number of fused-ring (bicyclic) bond motifs is 1. The van der Waals surface area contributed by atoms with Gasteiger partial charge >= 0.3 is 0 Å². The lowest BCUT2D eigenvalue weighted by atomic mass is 9.99. The van der Waals surface area contributed by atoms with Gasteiger partial charge in [-0.15, -0.1) is 24.0 Å². The molecule has 168 valence electrons. The first-order valence-corrected chi connectivity index (χ1v) is 10.1. The van der Waals surface area contributed by atoms with E-state index in [1.807, 2.05) is 6.07 Å². The molecule has 30 heavy (non-hydrogen) atoms. The molecule has 1 amide bonds. The highest BCUT2D eigenvalue weighted by Crippen LogP contribution is 2.33. The standard InChI is InChI=1S/C21H32N4O4.HI/c1-24(2)20(26)12-23-21(22-11-15-6-8-29-14-15)25-7-5-16-9-18(27-3)19(28-4)10-17(16)13-25;/h9-10,15H,5-8,11-14H2,1-4H3,(H,22,23);1H. The molecule has 2 heterocycles. The quantitative estimate of drug-likeness (QED) is 0.342. The van der Waals surface area contributed by atoms with Crippen LogP contribution in [0.5, 0.6) is 11.5 Å². The maximum Gasteiger partial charge on any atom is 0.243 e. The van der Waals surface area contributed by atoms with Crippen molar-refractivity contribution in [3.63, 3.8) is 0 Å². The summed E-state index contributed by atoms with van der Waals surface area (Å²) in [5.41, 5.74) is 2.44. The third kappa shape index (κ3) is 6.13. The number of carbonyl (C=O) groups excluding carboxylic acids is 1. The number of guanidine groups is 1. The fourth-order valence-corrected chi connectivity index (χ4v) is 3.60. The second kappa shape index (κ2) is 11.6. The molecule has 9 heteroatoms. The number of ether oxygens (including phenoxy) is 3. The van der Waals surface area contributed by atoms with E-state index < -0.39 is 0 Å². The third-order valence-corrected chi connectivity index (χ3v) is 5.45. The summed E-state index contributed by atoms with van der Waals surface area (Å²) in [7, 11) is 6.80. The summed E-state index contributed by atoms with van der Waals surface area (Å²) < 4.78 is 16.4. The van der Waals surface area contributed by atoms with Gasteiger partial charge in [0.15, 0.2) is 17.5 Å². The van der Waals surface area contributed by atoms with Crippen LogP contribution in [0.15, 0.2) is 17.1 Å². The van der Waals surface area contributed by atoms with E-state index in [2.05, 4.69) is 21.3 Å². The molecular formula is C21H33IN4O4. The molecule has 1 atom stereocenters. The summed E-state index contributed by atoms with van der Waals surface area (Å²) in [5, 5.41) is 3.48. The number of halogens is 1. The Morgan fingerprint density at radius 1 is 1.27 bits per heavy atom. The lowest BCUT2D eigenvalue weighted by molar-refractivity contribution is -0.127. The minimum absolute atomic E-state index is 0. The Bertz CT molecular complexity index is 751. The second-order valence-corrected chi connectivity index (χ2v) is 7.69. The van der Waals surface area contributed by atoms with E-state index in [9.17, 15) is 4.79 Å². The number of benzene rings is 1. The zero-order valence-electron chi connectivity index (χ0n) is 18.3. The van der Waals surface area contributed by atoms with E-state index >= 15 is 0 Å². The van der Waals surface area contributed by atoms with Crippen molar-refractivity contribution in [3.05, 3.63) is 23.3 Å². The summed E-state index contributed by atoms with van der Waals surface area (Å²) in [6.45, 7) is 4.05. The molecule has 0 aliphatic carbocycles. The number of hydrogen-bond acceptors (Lipinski definition) is 5. The Balaban J connectivity index is 0.00000320. The predicted octanol–water partition coefficient (Wildman–Crippen LogP) is 1.75. The highest BCUT2D eigenvalue weighted by Gasteiger charge is 2.23. The first kappa shape index (κ1) is 24.5. The number of carbonyl (C=O) groups is 1. The topological polar surface area (TPSA) is 75.6 Å². The van der Waals surface area contributed by atoms with Crippen molar-refractivity contribution in [2.45, 2.75) is 19.4 Å². The number of rotatable bonds is 6. The number of nitrogens with one attached hydrogen (secondary N) is 1. The lowest BCUT2D eigenvalue weighted by Crippen LogP contribution is -2.46. The van der Waals surface area contributed by atoms with Crippen LogP contribution in [-0.2, 0) is 22.5 Å². The van der Waals surface area contributed by atoms with Gasteiger partial charge in [0.25, 0.3) is 0 Å². The minimum Gasteiger partial charge on any atom is -0.493 e. The van der Waals surface area contributed by atoms with E-state index in [1.54, 1.807) is 33.2 Å². The molecule has 2 aliphatic rings. The van der Waals surface area contributed by atoms with Crippen molar-refractivity contribution in [2.75, 3.05) is 61.2 Å². The Morgan fingerprint density at radius 2 is 1.97 bits per heavy atom. The van der Waals surface area contributed by atoms with Crippen LogP contribution in [0.25, 0.3) is 0 Å². The Morgan fingerprint density at radius 3 is 2.57 bits per heavy atom. The minimum atomic E-state index is -0.0164. The summed E-state index contributed by atoms with van der Waals surface area (Å²) >= 11 is 0. The monoisotopic (exact) mass is 532 g/mol. The smallest absolute Gasteiger partial charge is 0.243 e. The molecule has 1 aromatic rings. The SMILES string of the molecule is COc1cc2c(cc1OC)CN(C(=NCC(=O)N(C)C)NCC1CCOC1)CC2.I. The normalized spacial score (nSPS) is 18.3. The summed E-state index contributed by atoms with van der Waals surface area (Å²) in [6.07, 6.45) is 1.93. The van der Waals surface area contributed by atoms with Crippen molar-refractivity contribution in [1.82, 2.24) is 15.1 Å². The van der Waals surface area contributed by atoms with Crippen molar-refractivity contribution in [1.29, 1.82) is 0 Å². The predicted molar refractivity (Wildman–Crippen MR) is 127 cm³/mol. The number of hydrogen-bond donors (Lipinski definition) is 1. The summed E-state index contributed by atoms with van der Waals surface area (Å²) in [4.78, 5) is 20.5. The van der Waals surface area contributed by atoms with Crippen LogP contribution in [0, 0.1) is 5.92 Å². The Hall–Kier alpha value is -1.75. The summed E-state index contributed by atoms with van der Waals surface area (Å²) in [6, 6.07) is 4.09. The molecule has 1 N–H and O–H groups in total. The molecule has 0 radical (unpaired) electrons. The molecular weight excluding hydrogens is 499 g/mol. The average Bonchev–Trinajstić information content (AvgIpc) is 3.25. The van der Waals surface area contributed by atoms with Gasteiger partial charge in [-0.2, -0.15) is 0 Å².